The fraction of sp³-hybridized carbons (Fsp3) is 0.542. The van der Waals surface area contributed by atoms with E-state index < -0.39 is 58.1 Å². The van der Waals surface area contributed by atoms with Crippen LogP contribution >= 0.6 is 0 Å². The molecule has 2 aliphatic carbocycles. The van der Waals surface area contributed by atoms with E-state index in [1.165, 1.54) is 57.9 Å². The van der Waals surface area contributed by atoms with Crippen LogP contribution in [0.1, 0.15) is 123 Å². The highest BCUT2D eigenvalue weighted by atomic mass is 19.4. The van der Waals surface area contributed by atoms with E-state index in [-0.39, 0.29) is 99.7 Å². The van der Waals surface area contributed by atoms with Gasteiger partial charge >= 0.3 is 24.3 Å². The van der Waals surface area contributed by atoms with Gasteiger partial charge in [-0.1, -0.05) is 24.3 Å². The molecule has 0 unspecified atom stereocenters. The number of hydrogen-bond donors (Lipinski definition) is 2. The predicted molar refractivity (Wildman–Crippen MR) is 228 cm³/mol. The van der Waals surface area contributed by atoms with Crippen molar-refractivity contribution in [3.63, 3.8) is 0 Å². The monoisotopic (exact) mass is 962 g/mol. The Bertz CT molecular complexity index is 2310. The van der Waals surface area contributed by atoms with E-state index in [1.54, 1.807) is 23.6 Å². The zero-order valence-electron chi connectivity index (χ0n) is 37.7. The van der Waals surface area contributed by atoms with Crippen LogP contribution in [0.15, 0.2) is 48.5 Å². The Morgan fingerprint density at radius 3 is 1.21 bits per heavy atom. The number of aromatic nitrogens is 4. The van der Waals surface area contributed by atoms with Crippen LogP contribution in [0.25, 0.3) is 0 Å². The number of aliphatic carboxylic acids is 2. The maximum absolute atomic E-state index is 13.6. The molecular formula is C48H54F8N6O6. The van der Waals surface area contributed by atoms with Crippen molar-refractivity contribution in [2.24, 2.45) is 22.7 Å². The van der Waals surface area contributed by atoms with Gasteiger partial charge in [-0.05, 0) is 125 Å². The SMILES string of the molecule is CC1(C(=O)O)CCC(CC(=O)N2CCc3c(C(F)(F)F)nn(Cc4ccc(F)cc4)c3C2)CC1.CC1(C(=O)O)CCC(CC(=O)N2CCc3c(C(F)(F)F)nn(Cc4ccc(F)cc4)c3C2)CC1. The molecule has 8 rings (SSSR count). The Labute approximate surface area is 387 Å². The van der Waals surface area contributed by atoms with E-state index >= 15 is 0 Å². The molecule has 2 aliphatic heterocycles. The Balaban J connectivity index is 0.000000201. The van der Waals surface area contributed by atoms with Crippen molar-refractivity contribution in [3.8, 4) is 0 Å². The molecule has 2 aromatic heterocycles. The Hall–Kier alpha value is -5.82. The molecule has 0 radical (unpaired) electrons. The maximum atomic E-state index is 13.6. The number of benzene rings is 2. The molecule has 0 saturated heterocycles. The van der Waals surface area contributed by atoms with Gasteiger partial charge in [0, 0.05) is 37.1 Å². The van der Waals surface area contributed by atoms with Crippen molar-refractivity contribution >= 4 is 23.8 Å². The smallest absolute Gasteiger partial charge is 0.435 e. The minimum absolute atomic E-state index is 0.0258. The van der Waals surface area contributed by atoms with E-state index in [0.29, 0.717) is 73.9 Å². The Morgan fingerprint density at radius 2 is 0.912 bits per heavy atom. The summed E-state index contributed by atoms with van der Waals surface area (Å²) in [5.41, 5.74) is -1.28. The molecule has 4 aromatic rings. The third kappa shape index (κ3) is 11.4. The maximum Gasteiger partial charge on any atom is 0.435 e. The lowest BCUT2D eigenvalue weighted by Crippen LogP contribution is -2.39. The average molecular weight is 963 g/mol. The molecule has 2 N–H and O–H groups in total. The molecule has 20 heteroatoms. The first-order valence-corrected chi connectivity index (χ1v) is 22.7. The van der Waals surface area contributed by atoms with Crippen molar-refractivity contribution in [1.29, 1.82) is 0 Å². The minimum Gasteiger partial charge on any atom is -0.481 e. The summed E-state index contributed by atoms with van der Waals surface area (Å²) in [5, 5.41) is 26.4. The average Bonchev–Trinajstić information content (AvgIpc) is 3.85. The van der Waals surface area contributed by atoms with Crippen LogP contribution in [0, 0.1) is 34.3 Å². The first-order valence-electron chi connectivity index (χ1n) is 22.7. The van der Waals surface area contributed by atoms with Gasteiger partial charge in [0.05, 0.1) is 48.4 Å². The molecule has 4 heterocycles. The van der Waals surface area contributed by atoms with E-state index in [1.807, 2.05) is 0 Å². The molecule has 68 heavy (non-hydrogen) atoms. The van der Waals surface area contributed by atoms with E-state index in [4.69, 9.17) is 0 Å². The summed E-state index contributed by atoms with van der Waals surface area (Å²) >= 11 is 0. The number of alkyl halides is 6. The lowest BCUT2D eigenvalue weighted by atomic mass is 9.71. The number of nitrogens with zero attached hydrogens (tertiary/aromatic N) is 6. The molecule has 2 fully saturated rings. The van der Waals surface area contributed by atoms with Crippen LogP contribution in [0.3, 0.4) is 0 Å². The number of halogens is 8. The number of fused-ring (bicyclic) bond motifs is 2. The van der Waals surface area contributed by atoms with E-state index in [2.05, 4.69) is 10.2 Å². The van der Waals surface area contributed by atoms with E-state index in [0.717, 1.165) is 0 Å². The van der Waals surface area contributed by atoms with Crippen molar-refractivity contribution in [3.05, 3.63) is 105 Å². The second kappa shape index (κ2) is 19.7. The summed E-state index contributed by atoms with van der Waals surface area (Å²) < 4.78 is 111. The predicted octanol–water partition coefficient (Wildman–Crippen LogP) is 9.29. The van der Waals surface area contributed by atoms with Gasteiger partial charge < -0.3 is 20.0 Å². The lowest BCUT2D eigenvalue weighted by molar-refractivity contribution is -0.151. The van der Waals surface area contributed by atoms with Gasteiger partial charge in [-0.15, -0.1) is 0 Å². The fourth-order valence-electron chi connectivity index (χ4n) is 9.85. The summed E-state index contributed by atoms with van der Waals surface area (Å²) in [6.07, 6.45) is -4.05. The summed E-state index contributed by atoms with van der Waals surface area (Å²) in [6, 6.07) is 11.0. The molecule has 2 saturated carbocycles. The van der Waals surface area contributed by atoms with Crippen molar-refractivity contribution < 1.29 is 64.5 Å². The van der Waals surface area contributed by atoms with Crippen LogP contribution in [0.2, 0.25) is 0 Å². The summed E-state index contributed by atoms with van der Waals surface area (Å²) in [5.74, 6) is -2.68. The van der Waals surface area contributed by atoms with Gasteiger partial charge in [-0.2, -0.15) is 36.5 Å². The Kier molecular flexibility index (Phi) is 14.5. The normalized spacial score (nSPS) is 23.0. The minimum atomic E-state index is -4.61. The van der Waals surface area contributed by atoms with Crippen molar-refractivity contribution in [2.45, 2.75) is 129 Å². The summed E-state index contributed by atoms with van der Waals surface area (Å²) in [6.45, 7) is 3.93. The summed E-state index contributed by atoms with van der Waals surface area (Å²) in [4.78, 5) is 52.0. The number of carboxylic acids is 2. The second-order valence-corrected chi connectivity index (χ2v) is 19.3. The van der Waals surface area contributed by atoms with Gasteiger partial charge in [-0.3, -0.25) is 28.5 Å². The van der Waals surface area contributed by atoms with Crippen LogP contribution in [-0.2, 0) is 70.6 Å². The van der Waals surface area contributed by atoms with Gasteiger partial charge in [-0.25, -0.2) is 8.78 Å². The van der Waals surface area contributed by atoms with Gasteiger partial charge in [0.1, 0.15) is 11.6 Å². The van der Waals surface area contributed by atoms with E-state index in [9.17, 15) is 64.5 Å². The number of carbonyl (C=O) groups is 4. The number of carboxylic acid groups (broad SMARTS) is 2. The number of hydrogen-bond acceptors (Lipinski definition) is 6. The molecule has 368 valence electrons. The van der Waals surface area contributed by atoms with Crippen LogP contribution in [-0.4, -0.2) is 76.4 Å². The Morgan fingerprint density at radius 1 is 0.588 bits per heavy atom. The zero-order chi connectivity index (χ0) is 49.3. The largest absolute Gasteiger partial charge is 0.481 e. The van der Waals surface area contributed by atoms with Crippen LogP contribution < -0.4 is 0 Å². The molecule has 0 spiro atoms. The molecule has 4 aliphatic rings. The third-order valence-electron chi connectivity index (χ3n) is 14.4. The molecule has 0 bridgehead atoms. The fourth-order valence-corrected chi connectivity index (χ4v) is 9.85. The third-order valence-corrected chi connectivity index (χ3v) is 14.4. The summed E-state index contributed by atoms with van der Waals surface area (Å²) in [7, 11) is 0. The highest BCUT2D eigenvalue weighted by Gasteiger charge is 2.44. The second-order valence-electron chi connectivity index (χ2n) is 19.3. The molecule has 2 amide bonds. The standard InChI is InChI=1S/2C24H27F4N3O3/c2*1-23(22(33)34)9-6-15(7-10-23)12-20(32)30-11-8-18-19(14-30)31(29-21(18)24(26,27)28)13-16-2-4-17(25)5-3-16/h2*2-5,15H,6-14H2,1H3,(H,33,34). The highest BCUT2D eigenvalue weighted by molar-refractivity contribution is 5.78. The first kappa shape index (κ1) is 50.1. The quantitative estimate of drug-likeness (QED) is 0.149. The molecular weight excluding hydrogens is 909 g/mol. The van der Waals surface area contributed by atoms with Crippen molar-refractivity contribution in [2.75, 3.05) is 13.1 Å². The van der Waals surface area contributed by atoms with Gasteiger partial charge in [0.15, 0.2) is 11.4 Å². The topological polar surface area (TPSA) is 151 Å². The molecule has 12 nitrogen and oxygen atoms in total. The van der Waals surface area contributed by atoms with Crippen molar-refractivity contribution in [1.82, 2.24) is 29.4 Å². The first-order chi connectivity index (χ1) is 31.9. The highest BCUT2D eigenvalue weighted by Crippen LogP contribution is 2.43. The molecule has 0 atom stereocenters. The van der Waals surface area contributed by atoms with Crippen LogP contribution in [0.5, 0.6) is 0 Å². The lowest BCUT2D eigenvalue weighted by Gasteiger charge is -2.35. The zero-order valence-corrected chi connectivity index (χ0v) is 37.7. The van der Waals surface area contributed by atoms with Crippen LogP contribution in [0.4, 0.5) is 35.1 Å². The van der Waals surface area contributed by atoms with Gasteiger partial charge in [0.25, 0.3) is 0 Å². The number of rotatable bonds is 10. The number of amides is 2. The van der Waals surface area contributed by atoms with Gasteiger partial charge in [0.2, 0.25) is 11.8 Å². The molecule has 2 aromatic carbocycles. The number of carbonyl (C=O) groups excluding carboxylic acids is 2.